The summed E-state index contributed by atoms with van der Waals surface area (Å²) in [6.07, 6.45) is 15.2. The molecule has 4 aromatic heterocycles. The summed E-state index contributed by atoms with van der Waals surface area (Å²) in [7, 11) is 0. The van der Waals surface area contributed by atoms with Gasteiger partial charge in [-0.05, 0) is 49.3 Å². The van der Waals surface area contributed by atoms with Crippen LogP contribution in [-0.2, 0) is 0 Å². The van der Waals surface area contributed by atoms with Crippen LogP contribution in [0.25, 0.3) is 55.5 Å². The Bertz CT molecular complexity index is 1870. The van der Waals surface area contributed by atoms with Crippen molar-refractivity contribution in [1.29, 1.82) is 0 Å². The van der Waals surface area contributed by atoms with Crippen molar-refractivity contribution in [1.82, 2.24) is 35.5 Å². The first kappa shape index (κ1) is 26.3. The van der Waals surface area contributed by atoms with E-state index in [0.717, 1.165) is 51.3 Å². The van der Waals surface area contributed by atoms with Crippen LogP contribution in [-0.4, -0.2) is 48.1 Å². The minimum Gasteiger partial charge on any atom is -0.349 e. The molecular weight excluding hydrogens is 524 g/mol. The van der Waals surface area contributed by atoms with Crippen LogP contribution in [0.2, 0.25) is 0 Å². The topological polar surface area (TPSA) is 138 Å². The quantitative estimate of drug-likeness (QED) is 0.201. The van der Waals surface area contributed by atoms with Gasteiger partial charge in [0, 0.05) is 47.2 Å². The Hall–Kier alpha value is -4.63. The Morgan fingerprint density at radius 1 is 0.905 bits per heavy atom. The highest BCUT2D eigenvalue weighted by atomic mass is 16.1. The van der Waals surface area contributed by atoms with Crippen LogP contribution in [0.3, 0.4) is 0 Å². The van der Waals surface area contributed by atoms with Crippen molar-refractivity contribution in [2.75, 3.05) is 0 Å². The maximum absolute atomic E-state index is 13.0. The fourth-order valence-corrected chi connectivity index (χ4v) is 6.20. The van der Waals surface area contributed by atoms with Crippen molar-refractivity contribution in [3.05, 3.63) is 72.7 Å². The monoisotopic (exact) mass is 558 g/mol. The number of amides is 1. The molecule has 9 heteroatoms. The lowest BCUT2D eigenvalue weighted by Gasteiger charge is -2.11. The van der Waals surface area contributed by atoms with Gasteiger partial charge in [-0.1, -0.05) is 56.0 Å². The number of aromatic nitrogens is 6. The molecule has 2 fully saturated rings. The van der Waals surface area contributed by atoms with E-state index < -0.39 is 0 Å². The molecule has 0 aliphatic heterocycles. The van der Waals surface area contributed by atoms with Crippen molar-refractivity contribution in [3.8, 4) is 22.6 Å². The lowest BCUT2D eigenvalue weighted by molar-refractivity contribution is 0.0939. The van der Waals surface area contributed by atoms with Gasteiger partial charge in [0.05, 0.1) is 16.5 Å². The van der Waals surface area contributed by atoms with E-state index in [4.69, 9.17) is 10.7 Å². The number of H-pyrrole nitrogens is 2. The molecule has 2 saturated carbocycles. The summed E-state index contributed by atoms with van der Waals surface area (Å²) in [5.41, 5.74) is 10.8. The number of aromatic amines is 2. The molecule has 0 saturated heterocycles. The number of rotatable bonds is 4. The van der Waals surface area contributed by atoms with Gasteiger partial charge < -0.3 is 16.0 Å². The predicted molar refractivity (Wildman–Crippen MR) is 166 cm³/mol. The molecule has 4 heterocycles. The van der Waals surface area contributed by atoms with E-state index in [-0.39, 0.29) is 11.9 Å². The summed E-state index contributed by atoms with van der Waals surface area (Å²) in [6.45, 7) is 0. The van der Waals surface area contributed by atoms with Gasteiger partial charge in [0.1, 0.15) is 11.2 Å². The molecule has 42 heavy (non-hydrogen) atoms. The number of pyridine rings is 2. The first-order valence-electron chi connectivity index (χ1n) is 14.9. The van der Waals surface area contributed by atoms with E-state index in [2.05, 4.69) is 48.7 Å². The zero-order chi connectivity index (χ0) is 28.5. The number of nitrogens with one attached hydrogen (secondary N) is 3. The minimum absolute atomic E-state index is 0.0765. The summed E-state index contributed by atoms with van der Waals surface area (Å²) < 4.78 is 0. The molecule has 2 aliphatic rings. The van der Waals surface area contributed by atoms with Crippen molar-refractivity contribution in [3.63, 3.8) is 0 Å². The second-order valence-corrected chi connectivity index (χ2v) is 11.4. The number of hydrogen-bond acceptors (Lipinski definition) is 6. The number of benzene rings is 2. The van der Waals surface area contributed by atoms with Gasteiger partial charge >= 0.3 is 0 Å². The van der Waals surface area contributed by atoms with Crippen molar-refractivity contribution < 1.29 is 4.79 Å². The Labute approximate surface area is 243 Å². The minimum atomic E-state index is -0.0765. The molecule has 1 amide bonds. The van der Waals surface area contributed by atoms with E-state index in [9.17, 15) is 4.79 Å². The van der Waals surface area contributed by atoms with Gasteiger partial charge in [0.2, 0.25) is 0 Å². The van der Waals surface area contributed by atoms with Crippen LogP contribution < -0.4 is 11.1 Å². The number of carbonyl (C=O) groups excluding carboxylic acids is 1. The molecule has 8 rings (SSSR count). The lowest BCUT2D eigenvalue weighted by atomic mass is 10.0. The summed E-state index contributed by atoms with van der Waals surface area (Å²) >= 11 is 0. The molecule has 0 unspecified atom stereocenters. The number of para-hydroxylation sites is 1. The largest absolute Gasteiger partial charge is 0.349 e. The normalized spacial score (nSPS) is 15.8. The molecule has 0 spiro atoms. The number of carbonyl (C=O) groups is 1. The van der Waals surface area contributed by atoms with Gasteiger partial charge in [-0.3, -0.25) is 14.9 Å². The highest BCUT2D eigenvalue weighted by Crippen LogP contribution is 2.32. The zero-order valence-corrected chi connectivity index (χ0v) is 23.4. The SMILES string of the molecule is NC1CCCC1.O=C(NC1CCCC1)c1cccc2[nH]c(-c3[nH]nc4ncc(-c5cncc6ccccc56)cc34)nc12. The van der Waals surface area contributed by atoms with Gasteiger partial charge in [-0.15, -0.1) is 0 Å². The van der Waals surface area contributed by atoms with Gasteiger partial charge in [0.25, 0.3) is 5.91 Å². The maximum atomic E-state index is 13.0. The summed E-state index contributed by atoms with van der Waals surface area (Å²) in [4.78, 5) is 30.2. The van der Waals surface area contributed by atoms with E-state index >= 15 is 0 Å². The molecule has 0 atom stereocenters. The Morgan fingerprint density at radius 2 is 1.71 bits per heavy atom. The van der Waals surface area contributed by atoms with Gasteiger partial charge in [-0.2, -0.15) is 5.10 Å². The van der Waals surface area contributed by atoms with Crippen LogP contribution in [0.15, 0.2) is 67.1 Å². The summed E-state index contributed by atoms with van der Waals surface area (Å²) in [6, 6.07) is 16.7. The number of hydrogen-bond donors (Lipinski definition) is 4. The van der Waals surface area contributed by atoms with Crippen molar-refractivity contribution in [2.45, 2.75) is 63.5 Å². The number of nitrogens with two attached hydrogens (primary N) is 1. The van der Waals surface area contributed by atoms with E-state index in [1.54, 1.807) is 0 Å². The molecule has 2 aliphatic carbocycles. The van der Waals surface area contributed by atoms with Gasteiger partial charge in [-0.25, -0.2) is 9.97 Å². The maximum Gasteiger partial charge on any atom is 0.253 e. The van der Waals surface area contributed by atoms with E-state index in [0.29, 0.717) is 28.6 Å². The molecule has 0 bridgehead atoms. The van der Waals surface area contributed by atoms with Crippen LogP contribution in [0.1, 0.15) is 61.7 Å². The fraction of sp³-hybridized carbons (Fsp3) is 0.303. The second kappa shape index (κ2) is 11.3. The Morgan fingerprint density at radius 3 is 2.52 bits per heavy atom. The number of imidazole rings is 1. The third-order valence-electron chi connectivity index (χ3n) is 8.47. The average molecular weight is 559 g/mol. The fourth-order valence-electron chi connectivity index (χ4n) is 6.20. The Balaban J connectivity index is 0.000000430. The third-order valence-corrected chi connectivity index (χ3v) is 8.47. The third kappa shape index (κ3) is 5.12. The average Bonchev–Trinajstić information content (AvgIpc) is 3.84. The van der Waals surface area contributed by atoms with Crippen molar-refractivity contribution >= 4 is 38.7 Å². The molecule has 2 aromatic carbocycles. The van der Waals surface area contributed by atoms with Crippen molar-refractivity contribution in [2.24, 2.45) is 5.73 Å². The van der Waals surface area contributed by atoms with Crippen LogP contribution in [0, 0.1) is 0 Å². The number of fused-ring (bicyclic) bond motifs is 3. The van der Waals surface area contributed by atoms with Crippen LogP contribution in [0.4, 0.5) is 0 Å². The molecule has 9 nitrogen and oxygen atoms in total. The first-order chi connectivity index (χ1) is 20.6. The van der Waals surface area contributed by atoms with Crippen LogP contribution in [0.5, 0.6) is 0 Å². The first-order valence-corrected chi connectivity index (χ1v) is 14.9. The summed E-state index contributed by atoms with van der Waals surface area (Å²) in [5, 5.41) is 13.7. The summed E-state index contributed by atoms with van der Waals surface area (Å²) in [5.74, 6) is 0.538. The molecule has 5 N–H and O–H groups in total. The predicted octanol–water partition coefficient (Wildman–Crippen LogP) is 6.28. The molecule has 6 aromatic rings. The van der Waals surface area contributed by atoms with E-state index in [1.165, 1.54) is 38.5 Å². The highest BCUT2D eigenvalue weighted by Gasteiger charge is 2.21. The van der Waals surface area contributed by atoms with Gasteiger partial charge in [0.15, 0.2) is 11.5 Å². The van der Waals surface area contributed by atoms with Crippen LogP contribution >= 0.6 is 0 Å². The second-order valence-electron chi connectivity index (χ2n) is 11.4. The molecular formula is C33H34N8O. The standard InChI is InChI=1S/C28H23N7O.C5H11N/c36-28(31-18-7-2-3-8-18)20-10-5-11-23-24(20)33-27(32-23)25-21-12-17(14-30-26(21)35-34-25)22-15-29-13-16-6-1-4-9-19(16)22;6-5-3-1-2-4-5/h1,4-6,9-15,18H,2-3,7-8H2,(H,31,36)(H,32,33)(H,30,34,35);5H,1-4,6H2. The number of nitrogens with zero attached hydrogens (tertiary/aromatic N) is 4. The molecule has 212 valence electrons. The zero-order valence-electron chi connectivity index (χ0n) is 23.4. The lowest BCUT2D eigenvalue weighted by Crippen LogP contribution is -2.32. The van der Waals surface area contributed by atoms with E-state index in [1.807, 2.05) is 48.9 Å². The molecule has 0 radical (unpaired) electrons. The Kier molecular flexibility index (Phi) is 7.09. The smallest absolute Gasteiger partial charge is 0.253 e. The highest BCUT2D eigenvalue weighted by molar-refractivity contribution is 6.06.